The standard InChI is InChI=1S/C9H12N2O2/c1-11-5-10-7-4-2-3-6(8(7)11)9(12)13/h5-6H,2-4H2,1H3,(H,12,13). The second kappa shape index (κ2) is 2.87. The number of imidazole rings is 1. The number of carboxylic acid groups (broad SMARTS) is 1. The third kappa shape index (κ3) is 1.22. The molecule has 0 aliphatic heterocycles. The summed E-state index contributed by atoms with van der Waals surface area (Å²) in [6.45, 7) is 0. The lowest BCUT2D eigenvalue weighted by Crippen LogP contribution is -2.20. The van der Waals surface area contributed by atoms with Crippen molar-refractivity contribution in [1.82, 2.24) is 9.55 Å². The molecule has 70 valence electrons. The molecule has 1 unspecified atom stereocenters. The first kappa shape index (κ1) is 8.29. The van der Waals surface area contributed by atoms with Crippen LogP contribution in [-0.4, -0.2) is 20.6 Å². The Morgan fingerprint density at radius 2 is 2.54 bits per heavy atom. The number of carboxylic acids is 1. The van der Waals surface area contributed by atoms with Gasteiger partial charge in [-0.3, -0.25) is 4.79 Å². The molecule has 1 aliphatic rings. The van der Waals surface area contributed by atoms with Crippen LogP contribution in [-0.2, 0) is 18.3 Å². The molecule has 4 heteroatoms. The maximum atomic E-state index is 10.9. The molecule has 1 N–H and O–H groups in total. The highest BCUT2D eigenvalue weighted by Gasteiger charge is 2.29. The van der Waals surface area contributed by atoms with E-state index in [4.69, 9.17) is 5.11 Å². The van der Waals surface area contributed by atoms with Crippen LogP contribution in [0.1, 0.15) is 30.1 Å². The van der Waals surface area contributed by atoms with Gasteiger partial charge in [-0.25, -0.2) is 4.98 Å². The van der Waals surface area contributed by atoms with E-state index < -0.39 is 5.97 Å². The third-order valence-corrected chi connectivity index (χ3v) is 2.60. The molecule has 0 spiro atoms. The van der Waals surface area contributed by atoms with Gasteiger partial charge in [-0.05, 0) is 19.3 Å². The van der Waals surface area contributed by atoms with Crippen LogP contribution in [0.4, 0.5) is 0 Å². The van der Waals surface area contributed by atoms with E-state index in [2.05, 4.69) is 4.98 Å². The van der Waals surface area contributed by atoms with E-state index in [1.165, 1.54) is 0 Å². The second-order valence-electron chi connectivity index (χ2n) is 3.47. The summed E-state index contributed by atoms with van der Waals surface area (Å²) in [7, 11) is 1.85. The average Bonchev–Trinajstić information content (AvgIpc) is 2.48. The van der Waals surface area contributed by atoms with E-state index in [9.17, 15) is 4.79 Å². The van der Waals surface area contributed by atoms with Crippen LogP contribution < -0.4 is 0 Å². The Morgan fingerprint density at radius 1 is 1.77 bits per heavy atom. The number of hydrogen-bond acceptors (Lipinski definition) is 2. The van der Waals surface area contributed by atoms with Crippen molar-refractivity contribution >= 4 is 5.97 Å². The van der Waals surface area contributed by atoms with E-state index in [-0.39, 0.29) is 5.92 Å². The van der Waals surface area contributed by atoms with Gasteiger partial charge in [0.2, 0.25) is 0 Å². The summed E-state index contributed by atoms with van der Waals surface area (Å²) < 4.78 is 1.83. The molecule has 0 bridgehead atoms. The lowest BCUT2D eigenvalue weighted by atomic mass is 9.90. The van der Waals surface area contributed by atoms with Crippen LogP contribution in [0.15, 0.2) is 6.33 Å². The summed E-state index contributed by atoms with van der Waals surface area (Å²) in [6.07, 6.45) is 4.29. The minimum Gasteiger partial charge on any atom is -0.481 e. The van der Waals surface area contributed by atoms with Crippen LogP contribution >= 0.6 is 0 Å². The predicted molar refractivity (Wildman–Crippen MR) is 46.5 cm³/mol. The molecular weight excluding hydrogens is 168 g/mol. The van der Waals surface area contributed by atoms with Crippen molar-refractivity contribution in [3.05, 3.63) is 17.7 Å². The van der Waals surface area contributed by atoms with Crippen molar-refractivity contribution in [3.8, 4) is 0 Å². The Balaban J connectivity index is 2.46. The molecular formula is C9H12N2O2. The molecule has 1 aromatic heterocycles. The van der Waals surface area contributed by atoms with Gasteiger partial charge in [-0.2, -0.15) is 0 Å². The zero-order valence-electron chi connectivity index (χ0n) is 7.53. The first-order valence-corrected chi connectivity index (χ1v) is 4.43. The number of carbonyl (C=O) groups is 1. The van der Waals surface area contributed by atoms with Crippen LogP contribution in [0, 0.1) is 0 Å². The molecule has 0 fully saturated rings. The molecule has 0 aromatic carbocycles. The Labute approximate surface area is 76.2 Å². The smallest absolute Gasteiger partial charge is 0.312 e. The molecule has 4 nitrogen and oxygen atoms in total. The first-order valence-electron chi connectivity index (χ1n) is 4.43. The van der Waals surface area contributed by atoms with Gasteiger partial charge in [-0.15, -0.1) is 0 Å². The van der Waals surface area contributed by atoms with E-state index in [1.54, 1.807) is 6.33 Å². The summed E-state index contributed by atoms with van der Waals surface area (Å²) in [5, 5.41) is 8.99. The molecule has 1 aliphatic carbocycles. The van der Waals surface area contributed by atoms with Crippen LogP contribution in [0.25, 0.3) is 0 Å². The van der Waals surface area contributed by atoms with Crippen molar-refractivity contribution in [3.63, 3.8) is 0 Å². The Morgan fingerprint density at radius 3 is 3.23 bits per heavy atom. The maximum absolute atomic E-state index is 10.9. The van der Waals surface area contributed by atoms with E-state index in [0.717, 1.165) is 30.7 Å². The Kier molecular flexibility index (Phi) is 1.83. The van der Waals surface area contributed by atoms with Crippen LogP contribution in [0.3, 0.4) is 0 Å². The number of fused-ring (bicyclic) bond motifs is 1. The van der Waals surface area contributed by atoms with Crippen molar-refractivity contribution in [2.75, 3.05) is 0 Å². The molecule has 0 saturated carbocycles. The summed E-state index contributed by atoms with van der Waals surface area (Å²) in [5.74, 6) is -1.08. The number of aliphatic carboxylic acids is 1. The van der Waals surface area contributed by atoms with Crippen molar-refractivity contribution < 1.29 is 9.90 Å². The quantitative estimate of drug-likeness (QED) is 0.699. The van der Waals surface area contributed by atoms with Gasteiger partial charge in [0.25, 0.3) is 0 Å². The number of nitrogens with zero attached hydrogens (tertiary/aromatic N) is 2. The highest BCUT2D eigenvalue weighted by Crippen LogP contribution is 2.30. The maximum Gasteiger partial charge on any atom is 0.312 e. The molecule has 13 heavy (non-hydrogen) atoms. The molecule has 0 amide bonds. The zero-order valence-corrected chi connectivity index (χ0v) is 7.53. The van der Waals surface area contributed by atoms with Gasteiger partial charge in [-0.1, -0.05) is 0 Å². The van der Waals surface area contributed by atoms with Gasteiger partial charge >= 0.3 is 5.97 Å². The molecule has 1 heterocycles. The van der Waals surface area contributed by atoms with E-state index in [1.807, 2.05) is 11.6 Å². The van der Waals surface area contributed by atoms with Gasteiger partial charge in [0.15, 0.2) is 0 Å². The fourth-order valence-corrected chi connectivity index (χ4v) is 1.98. The van der Waals surface area contributed by atoms with Crippen molar-refractivity contribution in [2.24, 2.45) is 7.05 Å². The monoisotopic (exact) mass is 180 g/mol. The molecule has 1 atom stereocenters. The first-order chi connectivity index (χ1) is 6.20. The normalized spacial score (nSPS) is 21.2. The SMILES string of the molecule is Cn1cnc2c1C(C(=O)O)CCC2. The molecule has 0 radical (unpaired) electrons. The Bertz CT molecular complexity index is 343. The van der Waals surface area contributed by atoms with Gasteiger partial charge < -0.3 is 9.67 Å². The highest BCUT2D eigenvalue weighted by molar-refractivity contribution is 5.76. The number of hydrogen-bond donors (Lipinski definition) is 1. The minimum atomic E-state index is -0.732. The average molecular weight is 180 g/mol. The fourth-order valence-electron chi connectivity index (χ4n) is 1.98. The van der Waals surface area contributed by atoms with Crippen molar-refractivity contribution in [2.45, 2.75) is 25.2 Å². The van der Waals surface area contributed by atoms with Crippen molar-refractivity contribution in [1.29, 1.82) is 0 Å². The van der Waals surface area contributed by atoms with Gasteiger partial charge in [0, 0.05) is 7.05 Å². The van der Waals surface area contributed by atoms with Crippen LogP contribution in [0.2, 0.25) is 0 Å². The summed E-state index contributed by atoms with van der Waals surface area (Å²) in [4.78, 5) is 15.1. The van der Waals surface area contributed by atoms with E-state index in [0.29, 0.717) is 0 Å². The lowest BCUT2D eigenvalue weighted by molar-refractivity contribution is -0.139. The van der Waals surface area contributed by atoms with Gasteiger partial charge in [0.1, 0.15) is 0 Å². The highest BCUT2D eigenvalue weighted by atomic mass is 16.4. The van der Waals surface area contributed by atoms with Gasteiger partial charge in [0.05, 0.1) is 23.6 Å². The zero-order chi connectivity index (χ0) is 9.42. The summed E-state index contributed by atoms with van der Waals surface area (Å²) in [5.41, 5.74) is 1.85. The third-order valence-electron chi connectivity index (χ3n) is 2.60. The number of aromatic nitrogens is 2. The fraction of sp³-hybridized carbons (Fsp3) is 0.556. The lowest BCUT2D eigenvalue weighted by Gasteiger charge is -2.19. The topological polar surface area (TPSA) is 55.1 Å². The predicted octanol–water partition coefficient (Wildman–Crippen LogP) is 0.925. The Hall–Kier alpha value is -1.32. The molecule has 1 aromatic rings. The number of rotatable bonds is 1. The molecule has 2 rings (SSSR count). The minimum absolute atomic E-state index is 0.351. The number of aryl methyl sites for hydroxylation is 2. The molecule has 0 saturated heterocycles. The summed E-state index contributed by atoms with van der Waals surface area (Å²) >= 11 is 0. The van der Waals surface area contributed by atoms with Crippen LogP contribution in [0.5, 0.6) is 0 Å². The second-order valence-corrected chi connectivity index (χ2v) is 3.47. The largest absolute Gasteiger partial charge is 0.481 e. The van der Waals surface area contributed by atoms with E-state index >= 15 is 0 Å². The summed E-state index contributed by atoms with van der Waals surface area (Å²) in [6, 6.07) is 0.